The number of rotatable bonds is 2. The van der Waals surface area contributed by atoms with Gasteiger partial charge in [-0.15, -0.1) is 0 Å². The van der Waals surface area contributed by atoms with Gasteiger partial charge in [-0.05, 0) is 49.2 Å². The van der Waals surface area contributed by atoms with Crippen LogP contribution < -0.4 is 11.1 Å². The first-order valence-electron chi connectivity index (χ1n) is 6.05. The molecule has 0 atom stereocenters. The molecule has 104 valence electrons. The van der Waals surface area contributed by atoms with Crippen molar-refractivity contribution in [3.8, 4) is 5.75 Å². The van der Waals surface area contributed by atoms with Gasteiger partial charge in [-0.3, -0.25) is 4.79 Å². The van der Waals surface area contributed by atoms with Crippen LogP contribution in [0.3, 0.4) is 0 Å². The topological polar surface area (TPSA) is 75.3 Å². The van der Waals surface area contributed by atoms with E-state index < -0.39 is 0 Å². The summed E-state index contributed by atoms with van der Waals surface area (Å²) >= 11 is 5.82. The normalized spacial score (nSPS) is 10.3. The number of phenolic OH excluding ortho intramolecular Hbond substituents is 1. The lowest BCUT2D eigenvalue weighted by Gasteiger charge is -2.11. The molecule has 0 aliphatic rings. The lowest BCUT2D eigenvalue weighted by molar-refractivity contribution is 0.102. The Morgan fingerprint density at radius 2 is 1.95 bits per heavy atom. The monoisotopic (exact) mass is 290 g/mol. The molecule has 0 aliphatic carbocycles. The van der Waals surface area contributed by atoms with E-state index >= 15 is 0 Å². The second kappa shape index (κ2) is 5.43. The van der Waals surface area contributed by atoms with E-state index in [9.17, 15) is 9.90 Å². The van der Waals surface area contributed by atoms with Crippen LogP contribution in [-0.2, 0) is 0 Å². The van der Waals surface area contributed by atoms with Gasteiger partial charge in [-0.2, -0.15) is 0 Å². The number of phenols is 1. The number of carbonyl (C=O) groups is 1. The van der Waals surface area contributed by atoms with E-state index in [0.717, 1.165) is 5.56 Å². The highest BCUT2D eigenvalue weighted by Crippen LogP contribution is 2.29. The van der Waals surface area contributed by atoms with Crippen molar-refractivity contribution in [1.29, 1.82) is 0 Å². The molecule has 0 heterocycles. The molecule has 2 aromatic carbocycles. The first-order valence-corrected chi connectivity index (χ1v) is 6.43. The van der Waals surface area contributed by atoms with Crippen LogP contribution in [0, 0.1) is 13.8 Å². The van der Waals surface area contributed by atoms with Gasteiger partial charge in [0, 0.05) is 5.56 Å². The van der Waals surface area contributed by atoms with Gasteiger partial charge in [0.2, 0.25) is 0 Å². The number of carbonyl (C=O) groups excluding carboxylic acids is 1. The van der Waals surface area contributed by atoms with Crippen LogP contribution in [0.4, 0.5) is 11.4 Å². The molecule has 2 aromatic rings. The predicted octanol–water partition coefficient (Wildman–Crippen LogP) is 3.50. The first kappa shape index (κ1) is 14.2. The maximum Gasteiger partial charge on any atom is 0.255 e. The number of anilines is 2. The Labute approximate surface area is 122 Å². The highest BCUT2D eigenvalue weighted by molar-refractivity contribution is 6.33. The second-order valence-electron chi connectivity index (χ2n) is 4.67. The van der Waals surface area contributed by atoms with E-state index in [1.165, 1.54) is 6.07 Å². The van der Waals surface area contributed by atoms with Crippen LogP contribution in [-0.4, -0.2) is 11.0 Å². The number of nitrogens with one attached hydrogen (secondary N) is 1. The molecule has 4 nitrogen and oxygen atoms in total. The summed E-state index contributed by atoms with van der Waals surface area (Å²) in [5.41, 5.74) is 8.42. The number of nitrogen functional groups attached to an aromatic ring is 1. The number of aryl methyl sites for hydroxylation is 2. The quantitative estimate of drug-likeness (QED) is 0.585. The third-order valence-electron chi connectivity index (χ3n) is 2.95. The van der Waals surface area contributed by atoms with Gasteiger partial charge in [-0.1, -0.05) is 17.7 Å². The smallest absolute Gasteiger partial charge is 0.255 e. The molecular weight excluding hydrogens is 276 g/mol. The summed E-state index contributed by atoms with van der Waals surface area (Å²) in [7, 11) is 0. The Morgan fingerprint density at radius 1 is 1.25 bits per heavy atom. The summed E-state index contributed by atoms with van der Waals surface area (Å²) in [6, 6.07) is 8.18. The molecule has 0 saturated carbocycles. The average Bonchev–Trinajstić information content (AvgIpc) is 2.38. The number of nitrogens with two attached hydrogens (primary N) is 1. The number of hydrogen-bond acceptors (Lipinski definition) is 3. The van der Waals surface area contributed by atoms with Crippen molar-refractivity contribution in [2.24, 2.45) is 0 Å². The van der Waals surface area contributed by atoms with Crippen LogP contribution in [0.15, 0.2) is 30.3 Å². The summed E-state index contributed by atoms with van der Waals surface area (Å²) < 4.78 is 0. The molecular formula is C15H15ClN2O2. The molecule has 0 unspecified atom stereocenters. The summed E-state index contributed by atoms with van der Waals surface area (Å²) in [6.07, 6.45) is 0. The van der Waals surface area contributed by atoms with E-state index in [4.69, 9.17) is 17.3 Å². The largest absolute Gasteiger partial charge is 0.505 e. The first-order chi connectivity index (χ1) is 9.38. The van der Waals surface area contributed by atoms with Crippen LogP contribution in [0.2, 0.25) is 5.02 Å². The summed E-state index contributed by atoms with van der Waals surface area (Å²) in [5.74, 6) is -0.292. The average molecular weight is 291 g/mol. The van der Waals surface area contributed by atoms with Gasteiger partial charge in [-0.25, -0.2) is 0 Å². The van der Waals surface area contributed by atoms with E-state index in [1.807, 2.05) is 13.0 Å². The van der Waals surface area contributed by atoms with Crippen molar-refractivity contribution in [3.63, 3.8) is 0 Å². The van der Waals surface area contributed by atoms with Gasteiger partial charge >= 0.3 is 0 Å². The minimum absolute atomic E-state index is 0.0610. The fraction of sp³-hybridized carbons (Fsp3) is 0.133. The molecule has 0 fully saturated rings. The predicted molar refractivity (Wildman–Crippen MR) is 81.4 cm³/mol. The zero-order valence-electron chi connectivity index (χ0n) is 11.2. The third kappa shape index (κ3) is 2.86. The van der Waals surface area contributed by atoms with E-state index in [0.29, 0.717) is 27.5 Å². The number of amides is 1. The minimum Gasteiger partial charge on any atom is -0.505 e. The van der Waals surface area contributed by atoms with Crippen molar-refractivity contribution in [2.45, 2.75) is 13.8 Å². The number of hydrogen-bond donors (Lipinski definition) is 3. The summed E-state index contributed by atoms with van der Waals surface area (Å²) in [5, 5.41) is 13.0. The standard InChI is InChI=1S/C15H15ClN2O2/c1-8-5-9(2)14(19)13(6-8)18-15(20)10-3-4-11(16)12(17)7-10/h3-7,19H,17H2,1-2H3,(H,18,20). The van der Waals surface area contributed by atoms with Crippen LogP contribution in [0.25, 0.3) is 0 Å². The Kier molecular flexibility index (Phi) is 3.86. The Bertz CT molecular complexity index is 684. The fourth-order valence-corrected chi connectivity index (χ4v) is 2.05. The van der Waals surface area contributed by atoms with E-state index in [2.05, 4.69) is 5.32 Å². The molecule has 2 rings (SSSR count). The van der Waals surface area contributed by atoms with Crippen LogP contribution >= 0.6 is 11.6 Å². The van der Waals surface area contributed by atoms with E-state index in [-0.39, 0.29) is 11.7 Å². The molecule has 20 heavy (non-hydrogen) atoms. The van der Waals surface area contributed by atoms with Crippen molar-refractivity contribution in [1.82, 2.24) is 0 Å². The van der Waals surface area contributed by atoms with Crippen LogP contribution in [0.1, 0.15) is 21.5 Å². The van der Waals surface area contributed by atoms with Crippen molar-refractivity contribution < 1.29 is 9.90 Å². The van der Waals surface area contributed by atoms with Crippen LogP contribution in [0.5, 0.6) is 5.75 Å². The van der Waals surface area contributed by atoms with Gasteiger partial charge in [0.25, 0.3) is 5.91 Å². The molecule has 0 bridgehead atoms. The van der Waals surface area contributed by atoms with Gasteiger partial charge in [0.05, 0.1) is 16.4 Å². The van der Waals surface area contributed by atoms with E-state index in [1.54, 1.807) is 25.1 Å². The molecule has 4 N–H and O–H groups in total. The zero-order chi connectivity index (χ0) is 14.9. The second-order valence-corrected chi connectivity index (χ2v) is 5.08. The molecule has 0 saturated heterocycles. The Hall–Kier alpha value is -2.20. The highest BCUT2D eigenvalue weighted by atomic mass is 35.5. The minimum atomic E-state index is -0.353. The van der Waals surface area contributed by atoms with Crippen molar-refractivity contribution >= 4 is 28.9 Å². The lowest BCUT2D eigenvalue weighted by atomic mass is 10.1. The molecule has 0 aromatic heterocycles. The molecule has 0 aliphatic heterocycles. The maximum atomic E-state index is 12.1. The van der Waals surface area contributed by atoms with Gasteiger partial charge in [0.1, 0.15) is 5.75 Å². The third-order valence-corrected chi connectivity index (χ3v) is 3.30. The number of halogens is 1. The molecule has 0 radical (unpaired) electrons. The summed E-state index contributed by atoms with van der Waals surface area (Å²) in [4.78, 5) is 12.1. The number of aromatic hydroxyl groups is 1. The Morgan fingerprint density at radius 3 is 2.60 bits per heavy atom. The lowest BCUT2D eigenvalue weighted by Crippen LogP contribution is -2.12. The molecule has 0 spiro atoms. The SMILES string of the molecule is Cc1cc(C)c(O)c(NC(=O)c2ccc(Cl)c(N)c2)c1. The van der Waals surface area contributed by atoms with Gasteiger partial charge in [0.15, 0.2) is 0 Å². The Balaban J connectivity index is 2.30. The maximum absolute atomic E-state index is 12.1. The van der Waals surface area contributed by atoms with Crippen molar-refractivity contribution in [3.05, 3.63) is 52.0 Å². The van der Waals surface area contributed by atoms with Crippen molar-refractivity contribution in [2.75, 3.05) is 11.1 Å². The fourth-order valence-electron chi connectivity index (χ4n) is 1.93. The zero-order valence-corrected chi connectivity index (χ0v) is 12.0. The molecule has 1 amide bonds. The van der Waals surface area contributed by atoms with Gasteiger partial charge < -0.3 is 16.2 Å². The highest BCUT2D eigenvalue weighted by Gasteiger charge is 2.12. The number of benzene rings is 2. The molecule has 5 heteroatoms. The summed E-state index contributed by atoms with van der Waals surface area (Å²) in [6.45, 7) is 3.67.